The molecule has 1 unspecified atom stereocenters. The van der Waals surface area contributed by atoms with Crippen molar-refractivity contribution in [1.29, 1.82) is 0 Å². The highest BCUT2D eigenvalue weighted by Crippen LogP contribution is 2.33. The molecule has 1 N–H and O–H groups in total. The molecule has 1 atom stereocenters. The molecule has 0 bridgehead atoms. The molecule has 2 heterocycles. The van der Waals surface area contributed by atoms with Crippen molar-refractivity contribution in [3.05, 3.63) is 53.4 Å². The largest absolute Gasteiger partial charge is 0.493 e. The summed E-state index contributed by atoms with van der Waals surface area (Å²) in [5.74, 6) is 0.853. The molecule has 1 aromatic heterocycles. The van der Waals surface area contributed by atoms with Gasteiger partial charge in [-0.25, -0.2) is 13.4 Å². The number of piperidine rings is 1. The lowest BCUT2D eigenvalue weighted by atomic mass is 10.1. The van der Waals surface area contributed by atoms with Gasteiger partial charge in [0.25, 0.3) is 5.91 Å². The van der Waals surface area contributed by atoms with E-state index in [1.54, 1.807) is 24.6 Å². The monoisotopic (exact) mass is 501 g/mol. The lowest BCUT2D eigenvalue weighted by molar-refractivity contribution is 0.102. The molecule has 1 aliphatic rings. The molecule has 1 saturated heterocycles. The second-order valence-corrected chi connectivity index (χ2v) is 10.8. The second-order valence-electron chi connectivity index (χ2n) is 8.05. The van der Waals surface area contributed by atoms with Gasteiger partial charge in [0.1, 0.15) is 0 Å². The van der Waals surface area contributed by atoms with Crippen LogP contribution < -0.4 is 14.8 Å². The van der Waals surface area contributed by atoms with Gasteiger partial charge in [0.15, 0.2) is 16.6 Å². The third-order valence-corrected chi connectivity index (χ3v) is 8.65. The summed E-state index contributed by atoms with van der Waals surface area (Å²) >= 11 is 1.30. The minimum atomic E-state index is -3.58. The number of hydrogen-bond acceptors (Lipinski definition) is 7. The van der Waals surface area contributed by atoms with E-state index in [1.807, 2.05) is 24.4 Å². The predicted octanol–water partition coefficient (Wildman–Crippen LogP) is 4.64. The SMILES string of the molecule is COc1ccc(-c2csc(NC(=O)c3ccc(S(=O)(=O)N4CCCCC4C)cc3)n2)cc1OC. The Morgan fingerprint density at radius 3 is 2.50 bits per heavy atom. The van der Waals surface area contributed by atoms with Gasteiger partial charge in [-0.05, 0) is 62.2 Å². The fourth-order valence-corrected chi connectivity index (χ4v) is 6.39. The Kier molecular flexibility index (Phi) is 7.20. The van der Waals surface area contributed by atoms with Crippen LogP contribution in [0, 0.1) is 0 Å². The number of hydrogen-bond donors (Lipinski definition) is 1. The lowest BCUT2D eigenvalue weighted by Crippen LogP contribution is -2.41. The summed E-state index contributed by atoms with van der Waals surface area (Å²) in [7, 11) is -0.438. The third-order valence-electron chi connectivity index (χ3n) is 5.87. The second kappa shape index (κ2) is 10.1. The van der Waals surface area contributed by atoms with Crippen LogP contribution in [-0.2, 0) is 10.0 Å². The summed E-state index contributed by atoms with van der Waals surface area (Å²) in [6.07, 6.45) is 2.76. The van der Waals surface area contributed by atoms with E-state index in [0.29, 0.717) is 34.4 Å². The first-order valence-electron chi connectivity index (χ1n) is 10.9. The van der Waals surface area contributed by atoms with E-state index in [-0.39, 0.29) is 16.8 Å². The van der Waals surface area contributed by atoms with Gasteiger partial charge in [0.2, 0.25) is 10.0 Å². The molecule has 1 fully saturated rings. The van der Waals surface area contributed by atoms with Crippen molar-refractivity contribution in [2.45, 2.75) is 37.1 Å². The Balaban J connectivity index is 1.46. The van der Waals surface area contributed by atoms with Crippen LogP contribution in [0.3, 0.4) is 0 Å². The molecule has 34 heavy (non-hydrogen) atoms. The Hall–Kier alpha value is -2.95. The smallest absolute Gasteiger partial charge is 0.257 e. The molecule has 0 aliphatic carbocycles. The first-order valence-corrected chi connectivity index (χ1v) is 13.3. The Labute approximate surface area is 203 Å². The first-order chi connectivity index (χ1) is 16.3. The summed E-state index contributed by atoms with van der Waals surface area (Å²) in [4.78, 5) is 17.4. The van der Waals surface area contributed by atoms with Crippen molar-refractivity contribution in [2.24, 2.45) is 0 Å². The lowest BCUT2D eigenvalue weighted by Gasteiger charge is -2.32. The highest BCUT2D eigenvalue weighted by atomic mass is 32.2. The number of anilines is 1. The number of benzene rings is 2. The van der Waals surface area contributed by atoms with Crippen molar-refractivity contribution in [1.82, 2.24) is 9.29 Å². The molecule has 0 saturated carbocycles. The van der Waals surface area contributed by atoms with Crippen molar-refractivity contribution in [3.8, 4) is 22.8 Å². The van der Waals surface area contributed by atoms with Crippen LogP contribution in [-0.4, -0.2) is 50.4 Å². The number of amides is 1. The number of nitrogens with one attached hydrogen (secondary N) is 1. The highest BCUT2D eigenvalue weighted by molar-refractivity contribution is 7.89. The highest BCUT2D eigenvalue weighted by Gasteiger charge is 2.31. The van der Waals surface area contributed by atoms with E-state index in [1.165, 1.54) is 35.6 Å². The minimum Gasteiger partial charge on any atom is -0.493 e. The fourth-order valence-electron chi connectivity index (χ4n) is 3.97. The Morgan fingerprint density at radius 2 is 1.82 bits per heavy atom. The summed E-state index contributed by atoms with van der Waals surface area (Å²) in [5, 5.41) is 5.06. The average Bonchev–Trinajstić information content (AvgIpc) is 3.32. The molecule has 4 rings (SSSR count). The first kappa shape index (κ1) is 24.2. The predicted molar refractivity (Wildman–Crippen MR) is 132 cm³/mol. The molecule has 0 spiro atoms. The van der Waals surface area contributed by atoms with E-state index >= 15 is 0 Å². The maximum Gasteiger partial charge on any atom is 0.257 e. The maximum absolute atomic E-state index is 13.0. The minimum absolute atomic E-state index is 0.0218. The fraction of sp³-hybridized carbons (Fsp3) is 0.333. The molecule has 1 aliphatic heterocycles. The zero-order valence-corrected chi connectivity index (χ0v) is 20.9. The van der Waals surface area contributed by atoms with Gasteiger partial charge < -0.3 is 9.47 Å². The van der Waals surface area contributed by atoms with Gasteiger partial charge in [-0.3, -0.25) is 10.1 Å². The van der Waals surface area contributed by atoms with Crippen LogP contribution >= 0.6 is 11.3 Å². The van der Waals surface area contributed by atoms with Crippen LogP contribution in [0.1, 0.15) is 36.5 Å². The Bertz CT molecular complexity index is 1270. The number of thiazole rings is 1. The van der Waals surface area contributed by atoms with Crippen molar-refractivity contribution in [3.63, 3.8) is 0 Å². The van der Waals surface area contributed by atoms with Gasteiger partial charge >= 0.3 is 0 Å². The summed E-state index contributed by atoms with van der Waals surface area (Å²) < 4.78 is 38.1. The molecule has 0 radical (unpaired) electrons. The van der Waals surface area contributed by atoms with E-state index < -0.39 is 10.0 Å². The number of nitrogens with zero attached hydrogens (tertiary/aromatic N) is 2. The van der Waals surface area contributed by atoms with Gasteiger partial charge in [-0.1, -0.05) is 6.42 Å². The zero-order valence-electron chi connectivity index (χ0n) is 19.3. The van der Waals surface area contributed by atoms with E-state index in [0.717, 1.165) is 24.8 Å². The Morgan fingerprint density at radius 1 is 1.09 bits per heavy atom. The van der Waals surface area contributed by atoms with Crippen LogP contribution in [0.2, 0.25) is 0 Å². The topological polar surface area (TPSA) is 97.8 Å². The number of carbonyl (C=O) groups excluding carboxylic acids is 1. The number of ether oxygens (including phenoxy) is 2. The quantitative estimate of drug-likeness (QED) is 0.506. The van der Waals surface area contributed by atoms with Crippen LogP contribution in [0.4, 0.5) is 5.13 Å². The third kappa shape index (κ3) is 4.94. The molecule has 3 aromatic rings. The van der Waals surface area contributed by atoms with Crippen molar-refractivity contribution in [2.75, 3.05) is 26.1 Å². The molecule has 2 aromatic carbocycles. The number of carbonyl (C=O) groups is 1. The summed E-state index contributed by atoms with van der Waals surface area (Å²) in [6.45, 7) is 2.46. The van der Waals surface area contributed by atoms with E-state index in [9.17, 15) is 13.2 Å². The zero-order chi connectivity index (χ0) is 24.3. The van der Waals surface area contributed by atoms with Gasteiger partial charge in [0, 0.05) is 29.1 Å². The normalized spacial score (nSPS) is 16.7. The number of sulfonamides is 1. The van der Waals surface area contributed by atoms with Crippen molar-refractivity contribution >= 4 is 32.4 Å². The summed E-state index contributed by atoms with van der Waals surface area (Å²) in [6, 6.07) is 11.5. The molecular formula is C24H27N3O5S2. The van der Waals surface area contributed by atoms with Gasteiger partial charge in [-0.2, -0.15) is 4.31 Å². The number of methoxy groups -OCH3 is 2. The van der Waals surface area contributed by atoms with Crippen molar-refractivity contribution < 1.29 is 22.7 Å². The molecule has 1 amide bonds. The van der Waals surface area contributed by atoms with Gasteiger partial charge in [-0.15, -0.1) is 11.3 Å². The molecular weight excluding hydrogens is 474 g/mol. The van der Waals surface area contributed by atoms with Gasteiger partial charge in [0.05, 0.1) is 24.8 Å². The van der Waals surface area contributed by atoms with Crippen LogP contribution in [0.5, 0.6) is 11.5 Å². The molecule has 10 heteroatoms. The standard InChI is InChI=1S/C24H27N3O5S2/c1-16-6-4-5-13-27(16)34(29,30)19-10-7-17(8-11-19)23(28)26-24-25-20(15-33-24)18-9-12-21(31-2)22(14-18)32-3/h7-12,14-16H,4-6,13H2,1-3H3,(H,25,26,28). The number of aromatic nitrogens is 1. The maximum atomic E-state index is 13.0. The summed E-state index contributed by atoms with van der Waals surface area (Å²) in [5.41, 5.74) is 1.88. The number of rotatable bonds is 7. The van der Waals surface area contributed by atoms with E-state index in [2.05, 4.69) is 10.3 Å². The van der Waals surface area contributed by atoms with E-state index in [4.69, 9.17) is 9.47 Å². The van der Waals surface area contributed by atoms with Crippen LogP contribution in [0.25, 0.3) is 11.3 Å². The molecule has 180 valence electrons. The average molecular weight is 502 g/mol. The molecule has 8 nitrogen and oxygen atoms in total. The van der Waals surface area contributed by atoms with Crippen LogP contribution in [0.15, 0.2) is 52.7 Å².